The maximum absolute atomic E-state index is 6.50. The van der Waals surface area contributed by atoms with E-state index in [1.807, 2.05) is 35.0 Å². The van der Waals surface area contributed by atoms with Crippen LogP contribution in [0.1, 0.15) is 88.4 Å². The van der Waals surface area contributed by atoms with Crippen LogP contribution < -0.4 is 4.74 Å². The van der Waals surface area contributed by atoms with Crippen LogP contribution in [0.5, 0.6) is 11.5 Å². The number of rotatable bonds is 7. The van der Waals surface area contributed by atoms with Gasteiger partial charge in [0.25, 0.3) is 0 Å². The van der Waals surface area contributed by atoms with Gasteiger partial charge < -0.3 is 9.30 Å². The number of para-hydroxylation sites is 1. The molecule has 0 N–H and O–H groups in total. The van der Waals surface area contributed by atoms with Gasteiger partial charge in [0.1, 0.15) is 0 Å². The molecule has 0 bridgehead atoms. The van der Waals surface area contributed by atoms with Gasteiger partial charge in [-0.3, -0.25) is 4.68 Å². The van der Waals surface area contributed by atoms with Gasteiger partial charge in [-0.15, -0.1) is 41.8 Å². The zero-order valence-electron chi connectivity index (χ0n) is 30.4. The van der Waals surface area contributed by atoms with Gasteiger partial charge in [-0.05, 0) is 64.9 Å². The number of ether oxygens (including phenoxy) is 1. The van der Waals surface area contributed by atoms with Crippen LogP contribution in [0.25, 0.3) is 44.3 Å². The maximum atomic E-state index is 6.50. The quantitative estimate of drug-likeness (QED) is 0.150. The van der Waals surface area contributed by atoms with Crippen LogP contribution in [-0.2, 0) is 26.5 Å². The van der Waals surface area contributed by atoms with Gasteiger partial charge in [0, 0.05) is 49.3 Å². The van der Waals surface area contributed by atoms with Crippen LogP contribution in [0.2, 0.25) is 0 Å². The molecule has 0 fully saturated rings. The molecule has 0 saturated carbocycles. The fourth-order valence-corrected chi connectivity index (χ4v) is 7.05. The largest absolute Gasteiger partial charge is 0.509 e. The van der Waals surface area contributed by atoms with Crippen LogP contribution >= 0.6 is 0 Å². The second kappa shape index (κ2) is 13.7. The van der Waals surface area contributed by atoms with Crippen molar-refractivity contribution in [3.63, 3.8) is 0 Å². The van der Waals surface area contributed by atoms with E-state index < -0.39 is 0 Å². The molecule has 5 aromatic carbocycles. The van der Waals surface area contributed by atoms with Crippen molar-refractivity contribution in [2.75, 3.05) is 0 Å². The number of benzene rings is 5. The van der Waals surface area contributed by atoms with Crippen molar-refractivity contribution in [1.29, 1.82) is 0 Å². The molecule has 0 amide bonds. The average molecular weight is 838 g/mol. The Hall–Kier alpha value is -4.40. The van der Waals surface area contributed by atoms with Crippen molar-refractivity contribution < 1.29 is 25.8 Å². The number of fused-ring (bicyclic) bond motifs is 3. The van der Waals surface area contributed by atoms with Crippen molar-refractivity contribution in [1.82, 2.24) is 14.3 Å². The van der Waals surface area contributed by atoms with E-state index in [2.05, 4.69) is 146 Å². The summed E-state index contributed by atoms with van der Waals surface area (Å²) in [6.07, 6.45) is 0. The molecule has 7 aromatic rings. The molecule has 258 valence electrons. The first-order valence-corrected chi connectivity index (χ1v) is 17.3. The van der Waals surface area contributed by atoms with Crippen LogP contribution in [0.3, 0.4) is 0 Å². The van der Waals surface area contributed by atoms with Gasteiger partial charge in [0.15, 0.2) is 0 Å². The molecule has 0 atom stereocenters. The summed E-state index contributed by atoms with van der Waals surface area (Å²) in [5.74, 6) is 2.02. The standard InChI is InChI=1S/C45H44N3O.Pt/c1-28(2)37-20-14-21-38(29(3)4)44(37)43-30(5)46-48(31(43)6)34-17-13-18-35(26-34)49-36-23-24-40-39-19-10-11-22-41(39)47(42(40)27-36)33-16-12-15-32(25-33)45(7,8)9;/h10-15,17-25,28-29H,1-9H3;/q-3;. The normalized spacial score (nSPS) is 11.9. The monoisotopic (exact) mass is 837 g/mol. The molecule has 2 aromatic heterocycles. The Balaban J connectivity index is 0.00000432. The SMILES string of the molecule is Cc1nn(-c2[c-]c(Oc3[c-]c4c(cc3)c3ccccc3n4-c3[c-]ccc(C(C)(C)C)c3)ccc2)c(C)c1-c1c(C(C)C)cccc1C(C)C.[Pt]. The van der Waals surface area contributed by atoms with E-state index >= 15 is 0 Å². The minimum atomic E-state index is 0. The third-order valence-corrected chi connectivity index (χ3v) is 9.57. The molecule has 0 aliphatic carbocycles. The zero-order chi connectivity index (χ0) is 34.6. The minimum absolute atomic E-state index is 0. The van der Waals surface area contributed by atoms with Crippen molar-refractivity contribution in [2.24, 2.45) is 0 Å². The average Bonchev–Trinajstić information content (AvgIpc) is 3.56. The van der Waals surface area contributed by atoms with Gasteiger partial charge >= 0.3 is 0 Å². The number of hydrogen-bond donors (Lipinski definition) is 0. The molecule has 0 unspecified atom stereocenters. The van der Waals surface area contributed by atoms with E-state index in [1.165, 1.54) is 33.2 Å². The summed E-state index contributed by atoms with van der Waals surface area (Å²) in [5, 5.41) is 7.34. The van der Waals surface area contributed by atoms with E-state index in [4.69, 9.17) is 9.84 Å². The van der Waals surface area contributed by atoms with E-state index in [-0.39, 0.29) is 26.5 Å². The molecule has 0 spiro atoms. The zero-order valence-corrected chi connectivity index (χ0v) is 32.7. The summed E-state index contributed by atoms with van der Waals surface area (Å²) in [4.78, 5) is 0. The van der Waals surface area contributed by atoms with E-state index in [1.54, 1.807) is 0 Å². The van der Waals surface area contributed by atoms with E-state index in [0.717, 1.165) is 39.2 Å². The Morgan fingerprint density at radius 3 is 2.08 bits per heavy atom. The third kappa shape index (κ3) is 6.35. The topological polar surface area (TPSA) is 32.0 Å². The first kappa shape index (κ1) is 35.4. The molecule has 2 heterocycles. The Bertz CT molecular complexity index is 2310. The van der Waals surface area contributed by atoms with Gasteiger partial charge in [-0.1, -0.05) is 96.1 Å². The molecule has 0 aliphatic rings. The molecule has 50 heavy (non-hydrogen) atoms. The number of aryl methyl sites for hydroxylation is 1. The molecule has 4 nitrogen and oxygen atoms in total. The molecule has 5 heteroatoms. The predicted octanol–water partition coefficient (Wildman–Crippen LogP) is 12.0. The van der Waals surface area contributed by atoms with Gasteiger partial charge in [0.05, 0.1) is 5.69 Å². The second-order valence-corrected chi connectivity index (χ2v) is 14.7. The summed E-state index contributed by atoms with van der Waals surface area (Å²) in [7, 11) is 0. The summed E-state index contributed by atoms with van der Waals surface area (Å²) in [6.45, 7) is 20.0. The summed E-state index contributed by atoms with van der Waals surface area (Å²) in [5.41, 5.74) is 12.5. The van der Waals surface area contributed by atoms with Crippen molar-refractivity contribution in [3.05, 3.63) is 137 Å². The van der Waals surface area contributed by atoms with Crippen molar-refractivity contribution in [2.45, 2.75) is 79.6 Å². The van der Waals surface area contributed by atoms with Crippen LogP contribution in [0.15, 0.2) is 91.0 Å². The van der Waals surface area contributed by atoms with E-state index in [9.17, 15) is 0 Å². The van der Waals surface area contributed by atoms with Gasteiger partial charge in [-0.25, -0.2) is 0 Å². The van der Waals surface area contributed by atoms with Gasteiger partial charge in [-0.2, -0.15) is 41.0 Å². The number of nitrogens with zero attached hydrogens (tertiary/aromatic N) is 3. The van der Waals surface area contributed by atoms with Crippen LogP contribution in [0.4, 0.5) is 0 Å². The summed E-state index contributed by atoms with van der Waals surface area (Å²) >= 11 is 0. The molecule has 7 rings (SSSR count). The Morgan fingerprint density at radius 2 is 1.38 bits per heavy atom. The predicted molar refractivity (Wildman–Crippen MR) is 203 cm³/mol. The van der Waals surface area contributed by atoms with Crippen LogP contribution in [0, 0.1) is 32.0 Å². The third-order valence-electron chi connectivity index (χ3n) is 9.57. The smallest absolute Gasteiger partial charge is 0.0678 e. The summed E-state index contributed by atoms with van der Waals surface area (Å²) in [6, 6.07) is 42.3. The maximum Gasteiger partial charge on any atom is 0.0678 e. The fourth-order valence-electron chi connectivity index (χ4n) is 7.05. The Labute approximate surface area is 311 Å². The van der Waals surface area contributed by atoms with Crippen molar-refractivity contribution in [3.8, 4) is 34.0 Å². The molecular formula is C45H44N3OPt-3. The van der Waals surface area contributed by atoms with Gasteiger partial charge in [0.2, 0.25) is 0 Å². The Kier molecular flexibility index (Phi) is 9.72. The van der Waals surface area contributed by atoms with Crippen molar-refractivity contribution >= 4 is 21.8 Å². The first-order chi connectivity index (χ1) is 23.4. The molecular weight excluding hydrogens is 794 g/mol. The minimum Gasteiger partial charge on any atom is -0.509 e. The Morgan fingerprint density at radius 1 is 0.700 bits per heavy atom. The second-order valence-electron chi connectivity index (χ2n) is 14.7. The molecule has 0 radical (unpaired) electrons. The van der Waals surface area contributed by atoms with E-state index in [0.29, 0.717) is 23.3 Å². The fraction of sp³-hybridized carbons (Fsp3) is 0.267. The molecule has 0 saturated heterocycles. The number of hydrogen-bond acceptors (Lipinski definition) is 2. The molecule has 0 aliphatic heterocycles. The number of aromatic nitrogens is 3. The van der Waals surface area contributed by atoms with Crippen LogP contribution in [-0.4, -0.2) is 14.3 Å². The first-order valence-electron chi connectivity index (χ1n) is 17.3. The summed E-state index contributed by atoms with van der Waals surface area (Å²) < 4.78 is 10.7.